The van der Waals surface area contributed by atoms with Gasteiger partial charge in [0.1, 0.15) is 0 Å². The number of likely N-dealkylation sites (tertiary alicyclic amines) is 1. The maximum absolute atomic E-state index is 5.31. The summed E-state index contributed by atoms with van der Waals surface area (Å²) in [6.07, 6.45) is 11.7. The lowest BCUT2D eigenvalue weighted by molar-refractivity contribution is 0.217. The normalized spacial score (nSPS) is 18.1. The Labute approximate surface area is 103 Å². The molecule has 0 atom stereocenters. The van der Waals surface area contributed by atoms with Crippen LogP contribution in [-0.4, -0.2) is 40.4 Å². The fraction of sp³-hybridized carbons (Fsp3) is 0.615. The summed E-state index contributed by atoms with van der Waals surface area (Å²) in [6.45, 7) is 3.91. The first kappa shape index (κ1) is 12.2. The number of aryl methyl sites for hydroxylation is 1. The van der Waals surface area contributed by atoms with Gasteiger partial charge in [-0.3, -0.25) is 9.58 Å². The van der Waals surface area contributed by atoms with Crippen LogP contribution in [0.3, 0.4) is 0 Å². The molecule has 2 heterocycles. The molecule has 0 aromatic carbocycles. The molecule has 0 spiro atoms. The van der Waals surface area contributed by atoms with Crippen LogP contribution >= 0.6 is 0 Å². The number of rotatable bonds is 4. The largest absolute Gasteiger partial charge is 0.310 e. The van der Waals surface area contributed by atoms with E-state index in [1.54, 1.807) is 0 Å². The van der Waals surface area contributed by atoms with E-state index in [2.05, 4.69) is 27.4 Å². The van der Waals surface area contributed by atoms with Crippen molar-refractivity contribution >= 4 is 0 Å². The smallest absolute Gasteiger partial charge is 0.0598 e. The summed E-state index contributed by atoms with van der Waals surface area (Å²) in [7, 11) is 1.95. The molecule has 0 amide bonds. The summed E-state index contributed by atoms with van der Waals surface area (Å²) in [5, 5.41) is 7.75. The van der Waals surface area contributed by atoms with Crippen molar-refractivity contribution in [2.75, 3.05) is 19.6 Å². The highest BCUT2D eigenvalue weighted by molar-refractivity contribution is 5.03. The molecule has 0 bridgehead atoms. The molecule has 1 aliphatic heterocycles. The van der Waals surface area contributed by atoms with Crippen molar-refractivity contribution in [1.29, 1.82) is 0 Å². The molecule has 17 heavy (non-hydrogen) atoms. The Morgan fingerprint density at radius 2 is 2.29 bits per heavy atom. The van der Waals surface area contributed by atoms with Gasteiger partial charge in [0.25, 0.3) is 0 Å². The zero-order chi connectivity index (χ0) is 12.1. The maximum atomic E-state index is 5.31. The van der Waals surface area contributed by atoms with Gasteiger partial charge in [-0.15, -0.1) is 6.42 Å². The van der Waals surface area contributed by atoms with E-state index in [9.17, 15) is 0 Å². The molecule has 0 unspecified atom stereocenters. The van der Waals surface area contributed by atoms with E-state index in [1.807, 2.05) is 17.9 Å². The third-order valence-corrected chi connectivity index (χ3v) is 3.26. The monoisotopic (exact) mass is 232 g/mol. The van der Waals surface area contributed by atoms with Crippen molar-refractivity contribution in [2.24, 2.45) is 7.05 Å². The van der Waals surface area contributed by atoms with Crippen LogP contribution in [0.25, 0.3) is 0 Å². The average Bonchev–Trinajstić information content (AvgIpc) is 2.75. The number of nitrogens with one attached hydrogen (secondary N) is 1. The minimum atomic E-state index is 0.615. The number of hydrogen-bond donors (Lipinski definition) is 1. The maximum Gasteiger partial charge on any atom is 0.0598 e. The van der Waals surface area contributed by atoms with Gasteiger partial charge in [-0.05, 0) is 12.8 Å². The van der Waals surface area contributed by atoms with E-state index < -0.39 is 0 Å². The van der Waals surface area contributed by atoms with Crippen LogP contribution < -0.4 is 5.32 Å². The lowest BCUT2D eigenvalue weighted by Gasteiger charge is -2.31. The highest BCUT2D eigenvalue weighted by Crippen LogP contribution is 2.10. The number of aromatic nitrogens is 2. The average molecular weight is 232 g/mol. The van der Waals surface area contributed by atoms with Crippen LogP contribution in [0.1, 0.15) is 18.4 Å². The van der Waals surface area contributed by atoms with Gasteiger partial charge in [-0.25, -0.2) is 0 Å². The summed E-state index contributed by atoms with van der Waals surface area (Å²) in [4.78, 5) is 2.34. The summed E-state index contributed by atoms with van der Waals surface area (Å²) >= 11 is 0. The number of terminal acetylenes is 1. The Hall–Kier alpha value is -1.31. The van der Waals surface area contributed by atoms with Gasteiger partial charge in [0.05, 0.1) is 12.7 Å². The first-order valence-corrected chi connectivity index (χ1v) is 6.14. The van der Waals surface area contributed by atoms with Gasteiger partial charge in [0.2, 0.25) is 0 Å². The van der Waals surface area contributed by atoms with Gasteiger partial charge in [-0.2, -0.15) is 5.10 Å². The summed E-state index contributed by atoms with van der Waals surface area (Å²) in [6, 6.07) is 0.615. The molecule has 4 heteroatoms. The lowest BCUT2D eigenvalue weighted by Crippen LogP contribution is -2.42. The Kier molecular flexibility index (Phi) is 4.18. The highest BCUT2D eigenvalue weighted by atomic mass is 15.2. The molecule has 0 aliphatic carbocycles. The Morgan fingerprint density at radius 1 is 1.53 bits per heavy atom. The quantitative estimate of drug-likeness (QED) is 0.772. The minimum absolute atomic E-state index is 0.615. The SMILES string of the molecule is C#CCN1CCC(NCc2cnn(C)c2)CC1. The van der Waals surface area contributed by atoms with Crippen LogP contribution in [0.2, 0.25) is 0 Å². The molecule has 1 fully saturated rings. The van der Waals surface area contributed by atoms with Gasteiger partial charge < -0.3 is 5.32 Å². The van der Waals surface area contributed by atoms with Crippen LogP contribution in [0.15, 0.2) is 12.4 Å². The van der Waals surface area contributed by atoms with Crippen molar-refractivity contribution in [3.63, 3.8) is 0 Å². The van der Waals surface area contributed by atoms with Crippen molar-refractivity contribution < 1.29 is 0 Å². The fourth-order valence-electron chi connectivity index (χ4n) is 2.25. The summed E-state index contributed by atoms with van der Waals surface area (Å²) in [5.74, 6) is 2.71. The molecule has 1 N–H and O–H groups in total. The van der Waals surface area contributed by atoms with Crippen LogP contribution in [-0.2, 0) is 13.6 Å². The molecule has 1 aliphatic rings. The Morgan fingerprint density at radius 3 is 2.88 bits per heavy atom. The number of nitrogens with zero attached hydrogens (tertiary/aromatic N) is 3. The second kappa shape index (κ2) is 5.85. The summed E-state index contributed by atoms with van der Waals surface area (Å²) in [5.41, 5.74) is 1.25. The van der Waals surface area contributed by atoms with Crippen molar-refractivity contribution in [3.8, 4) is 12.3 Å². The minimum Gasteiger partial charge on any atom is -0.310 e. The molecule has 0 saturated carbocycles. The molecular weight excluding hydrogens is 212 g/mol. The van der Waals surface area contributed by atoms with Crippen LogP contribution in [0, 0.1) is 12.3 Å². The van der Waals surface area contributed by atoms with Crippen molar-refractivity contribution in [1.82, 2.24) is 20.0 Å². The zero-order valence-electron chi connectivity index (χ0n) is 10.4. The zero-order valence-corrected chi connectivity index (χ0v) is 10.4. The van der Waals surface area contributed by atoms with E-state index in [0.717, 1.165) is 26.2 Å². The second-order valence-corrected chi connectivity index (χ2v) is 4.66. The molecule has 1 saturated heterocycles. The van der Waals surface area contributed by atoms with Gasteiger partial charge in [0, 0.05) is 44.5 Å². The lowest BCUT2D eigenvalue weighted by atomic mass is 10.0. The van der Waals surface area contributed by atoms with Crippen LogP contribution in [0.5, 0.6) is 0 Å². The number of hydrogen-bond acceptors (Lipinski definition) is 3. The molecular formula is C13H20N4. The molecule has 92 valence electrons. The van der Waals surface area contributed by atoms with Gasteiger partial charge in [0.15, 0.2) is 0 Å². The first-order chi connectivity index (χ1) is 8.28. The van der Waals surface area contributed by atoms with E-state index in [4.69, 9.17) is 6.42 Å². The first-order valence-electron chi connectivity index (χ1n) is 6.14. The molecule has 2 rings (SSSR count). The Balaban J connectivity index is 1.70. The second-order valence-electron chi connectivity index (χ2n) is 4.66. The molecule has 0 radical (unpaired) electrons. The predicted molar refractivity (Wildman–Crippen MR) is 68.3 cm³/mol. The van der Waals surface area contributed by atoms with Crippen LogP contribution in [0.4, 0.5) is 0 Å². The number of piperidine rings is 1. The molecule has 1 aromatic rings. The Bertz CT molecular complexity index is 382. The third kappa shape index (κ3) is 3.58. The van der Waals surface area contributed by atoms with Gasteiger partial charge >= 0.3 is 0 Å². The standard InChI is InChI=1S/C13H20N4/c1-3-6-17-7-4-13(5-8-17)14-9-12-10-15-16(2)11-12/h1,10-11,13-14H,4-9H2,2H3. The van der Waals surface area contributed by atoms with E-state index in [-0.39, 0.29) is 0 Å². The van der Waals surface area contributed by atoms with Crippen molar-refractivity contribution in [3.05, 3.63) is 18.0 Å². The predicted octanol–water partition coefficient (Wildman–Crippen LogP) is 0.607. The molecule has 1 aromatic heterocycles. The highest BCUT2D eigenvalue weighted by Gasteiger charge is 2.17. The topological polar surface area (TPSA) is 33.1 Å². The fourth-order valence-corrected chi connectivity index (χ4v) is 2.25. The van der Waals surface area contributed by atoms with E-state index in [0.29, 0.717) is 6.04 Å². The van der Waals surface area contributed by atoms with E-state index >= 15 is 0 Å². The van der Waals surface area contributed by atoms with Crippen molar-refractivity contribution in [2.45, 2.75) is 25.4 Å². The third-order valence-electron chi connectivity index (χ3n) is 3.26. The molecule has 4 nitrogen and oxygen atoms in total. The van der Waals surface area contributed by atoms with Gasteiger partial charge in [-0.1, -0.05) is 5.92 Å². The summed E-state index contributed by atoms with van der Waals surface area (Å²) < 4.78 is 1.84. The van der Waals surface area contributed by atoms with E-state index in [1.165, 1.54) is 18.4 Å².